The molecule has 2 rings (SSSR count). The topological polar surface area (TPSA) is 65.5 Å². The molecule has 0 spiro atoms. The van der Waals surface area contributed by atoms with Gasteiger partial charge in [0.25, 0.3) is 5.91 Å². The van der Waals surface area contributed by atoms with E-state index in [9.17, 15) is 13.6 Å². The van der Waals surface area contributed by atoms with Crippen molar-refractivity contribution >= 4 is 11.9 Å². The normalized spacial score (nSPS) is 12.4. The van der Waals surface area contributed by atoms with E-state index in [1.165, 1.54) is 12.1 Å². The molecule has 0 aliphatic rings. The third-order valence-electron chi connectivity index (χ3n) is 4.48. The number of guanidine groups is 1. The van der Waals surface area contributed by atoms with Gasteiger partial charge in [0.05, 0.1) is 0 Å². The summed E-state index contributed by atoms with van der Waals surface area (Å²) in [5.41, 5.74) is 2.11. The molecule has 0 radical (unpaired) electrons. The lowest BCUT2D eigenvalue weighted by molar-refractivity contribution is 0.0963. The van der Waals surface area contributed by atoms with Crippen molar-refractivity contribution < 1.29 is 13.6 Å². The summed E-state index contributed by atoms with van der Waals surface area (Å²) in [5, 5.41) is 9.02. The van der Waals surface area contributed by atoms with Crippen molar-refractivity contribution in [2.24, 2.45) is 4.99 Å². The highest BCUT2D eigenvalue weighted by molar-refractivity contribution is 5.94. The number of carbonyl (C=O) groups is 1. The number of hydrogen-bond acceptors (Lipinski definition) is 2. The third-order valence-corrected chi connectivity index (χ3v) is 4.48. The van der Waals surface area contributed by atoms with Crippen LogP contribution in [0, 0.1) is 11.6 Å². The Labute approximate surface area is 170 Å². The third kappa shape index (κ3) is 6.85. The minimum Gasteiger partial charge on any atom is -0.357 e. The van der Waals surface area contributed by atoms with Crippen molar-refractivity contribution in [3.63, 3.8) is 0 Å². The molecule has 5 nitrogen and oxygen atoms in total. The minimum absolute atomic E-state index is 0.114. The second kappa shape index (κ2) is 11.1. The number of benzene rings is 2. The highest BCUT2D eigenvalue weighted by Crippen LogP contribution is 2.20. The van der Waals surface area contributed by atoms with Crippen LogP contribution in [0.15, 0.2) is 47.5 Å². The Bertz CT molecular complexity index is 854. The molecule has 0 saturated heterocycles. The Hall–Kier alpha value is -2.96. The maximum absolute atomic E-state index is 13.9. The molecule has 0 aromatic heterocycles. The van der Waals surface area contributed by atoms with Gasteiger partial charge < -0.3 is 16.0 Å². The SMILES string of the molecule is CCNC(=NCC(C)c1ccc(F)cc1F)NCCc1cccc(C(=O)NC)c1. The lowest BCUT2D eigenvalue weighted by Gasteiger charge is -2.14. The van der Waals surface area contributed by atoms with Crippen LogP contribution in [0.4, 0.5) is 8.78 Å². The molecule has 1 amide bonds. The lowest BCUT2D eigenvalue weighted by Crippen LogP contribution is -2.38. The van der Waals surface area contributed by atoms with E-state index in [2.05, 4.69) is 20.9 Å². The molecule has 3 N–H and O–H groups in total. The van der Waals surface area contributed by atoms with Gasteiger partial charge in [-0.3, -0.25) is 9.79 Å². The number of amides is 1. The molecule has 0 saturated carbocycles. The summed E-state index contributed by atoms with van der Waals surface area (Å²) in [6, 6.07) is 11.1. The van der Waals surface area contributed by atoms with E-state index in [4.69, 9.17) is 0 Å². The number of nitrogens with zero attached hydrogens (tertiary/aromatic N) is 1. The fraction of sp³-hybridized carbons (Fsp3) is 0.364. The smallest absolute Gasteiger partial charge is 0.251 e. The molecule has 156 valence electrons. The van der Waals surface area contributed by atoms with Gasteiger partial charge in [-0.1, -0.05) is 25.1 Å². The van der Waals surface area contributed by atoms with Crippen molar-refractivity contribution in [3.05, 3.63) is 70.8 Å². The Morgan fingerprint density at radius 3 is 2.62 bits per heavy atom. The molecule has 1 atom stereocenters. The molecule has 0 heterocycles. The molecule has 29 heavy (non-hydrogen) atoms. The number of rotatable bonds is 8. The quantitative estimate of drug-likeness (QED) is 0.469. The average Bonchev–Trinajstić information content (AvgIpc) is 2.71. The van der Waals surface area contributed by atoms with E-state index in [-0.39, 0.29) is 11.8 Å². The van der Waals surface area contributed by atoms with Crippen molar-refractivity contribution in [1.29, 1.82) is 0 Å². The first-order valence-electron chi connectivity index (χ1n) is 9.72. The molecule has 0 bridgehead atoms. The van der Waals surface area contributed by atoms with E-state index in [0.717, 1.165) is 18.1 Å². The summed E-state index contributed by atoms with van der Waals surface area (Å²) in [4.78, 5) is 16.3. The van der Waals surface area contributed by atoms with Crippen LogP contribution in [0.1, 0.15) is 41.3 Å². The molecule has 2 aromatic carbocycles. The number of halogens is 2. The van der Waals surface area contributed by atoms with Crippen LogP contribution in [0.3, 0.4) is 0 Å². The number of hydrogen-bond donors (Lipinski definition) is 3. The van der Waals surface area contributed by atoms with Gasteiger partial charge in [0.15, 0.2) is 5.96 Å². The monoisotopic (exact) mass is 402 g/mol. The second-order valence-corrected chi connectivity index (χ2v) is 6.74. The molecule has 0 aliphatic carbocycles. The predicted octanol–water partition coefficient (Wildman–Crippen LogP) is 3.23. The van der Waals surface area contributed by atoms with Crippen LogP contribution in [0.25, 0.3) is 0 Å². The Balaban J connectivity index is 1.94. The van der Waals surface area contributed by atoms with E-state index >= 15 is 0 Å². The van der Waals surface area contributed by atoms with Gasteiger partial charge in [0.1, 0.15) is 11.6 Å². The van der Waals surface area contributed by atoms with Gasteiger partial charge in [-0.15, -0.1) is 0 Å². The standard InChI is InChI=1S/C22H28F2N4O/c1-4-26-22(28-14-15(2)19-9-8-18(23)13-20(19)24)27-11-10-16-6-5-7-17(12-16)21(29)25-3/h5-9,12-13,15H,4,10-11,14H2,1-3H3,(H,25,29)(H2,26,27,28). The van der Waals surface area contributed by atoms with Crippen LogP contribution in [0.5, 0.6) is 0 Å². The predicted molar refractivity (Wildman–Crippen MR) is 112 cm³/mol. The molecule has 1 unspecified atom stereocenters. The van der Waals surface area contributed by atoms with Gasteiger partial charge in [0.2, 0.25) is 0 Å². The van der Waals surface area contributed by atoms with Crippen molar-refractivity contribution in [2.45, 2.75) is 26.2 Å². The number of aliphatic imine (C=N–C) groups is 1. The lowest BCUT2D eigenvalue weighted by atomic mass is 10.0. The molecular weight excluding hydrogens is 374 g/mol. The van der Waals surface area contributed by atoms with E-state index in [1.54, 1.807) is 13.1 Å². The van der Waals surface area contributed by atoms with E-state index in [1.807, 2.05) is 32.0 Å². The van der Waals surface area contributed by atoms with Crippen LogP contribution in [0.2, 0.25) is 0 Å². The highest BCUT2D eigenvalue weighted by atomic mass is 19.1. The summed E-state index contributed by atoms with van der Waals surface area (Å²) >= 11 is 0. The van der Waals surface area contributed by atoms with E-state index < -0.39 is 11.6 Å². The Morgan fingerprint density at radius 2 is 1.93 bits per heavy atom. The van der Waals surface area contributed by atoms with E-state index in [0.29, 0.717) is 36.7 Å². The fourth-order valence-corrected chi connectivity index (χ4v) is 2.91. The van der Waals surface area contributed by atoms with Crippen molar-refractivity contribution in [3.8, 4) is 0 Å². The molecule has 2 aromatic rings. The summed E-state index contributed by atoms with van der Waals surface area (Å²) < 4.78 is 27.0. The Morgan fingerprint density at radius 1 is 1.14 bits per heavy atom. The molecule has 0 aliphatic heterocycles. The summed E-state index contributed by atoms with van der Waals surface area (Å²) in [6.07, 6.45) is 0.720. The number of carbonyl (C=O) groups excluding carboxylic acids is 1. The van der Waals surface area contributed by atoms with Crippen LogP contribution >= 0.6 is 0 Å². The van der Waals surface area contributed by atoms with Crippen LogP contribution < -0.4 is 16.0 Å². The molecule has 0 fully saturated rings. The zero-order chi connectivity index (χ0) is 21.2. The zero-order valence-corrected chi connectivity index (χ0v) is 17.1. The van der Waals surface area contributed by atoms with Gasteiger partial charge >= 0.3 is 0 Å². The van der Waals surface area contributed by atoms with Crippen molar-refractivity contribution in [2.75, 3.05) is 26.7 Å². The summed E-state index contributed by atoms with van der Waals surface area (Å²) in [6.45, 7) is 5.50. The first kappa shape index (κ1) is 22.3. The molecule has 7 heteroatoms. The van der Waals surface area contributed by atoms with Gasteiger partial charge in [-0.05, 0) is 42.7 Å². The first-order chi connectivity index (χ1) is 13.9. The maximum Gasteiger partial charge on any atom is 0.251 e. The van der Waals surface area contributed by atoms with Gasteiger partial charge in [0, 0.05) is 44.2 Å². The summed E-state index contributed by atoms with van der Waals surface area (Å²) in [5.74, 6) is -0.810. The van der Waals surface area contributed by atoms with Gasteiger partial charge in [-0.25, -0.2) is 8.78 Å². The van der Waals surface area contributed by atoms with Crippen LogP contribution in [-0.4, -0.2) is 38.5 Å². The number of nitrogens with one attached hydrogen (secondary N) is 3. The average molecular weight is 402 g/mol. The zero-order valence-electron chi connectivity index (χ0n) is 17.1. The summed E-state index contributed by atoms with van der Waals surface area (Å²) in [7, 11) is 1.61. The highest BCUT2D eigenvalue weighted by Gasteiger charge is 2.12. The molecular formula is C22H28F2N4O. The maximum atomic E-state index is 13.9. The van der Waals surface area contributed by atoms with Gasteiger partial charge in [-0.2, -0.15) is 0 Å². The fourth-order valence-electron chi connectivity index (χ4n) is 2.91. The Kier molecular flexibility index (Phi) is 8.58. The second-order valence-electron chi connectivity index (χ2n) is 6.74. The van der Waals surface area contributed by atoms with Crippen molar-refractivity contribution in [1.82, 2.24) is 16.0 Å². The minimum atomic E-state index is -0.586. The largest absolute Gasteiger partial charge is 0.357 e. The first-order valence-corrected chi connectivity index (χ1v) is 9.72. The van der Waals surface area contributed by atoms with Crippen LogP contribution in [-0.2, 0) is 6.42 Å².